The quantitative estimate of drug-likeness (QED) is 0.437. The number of benzene rings is 2. The summed E-state index contributed by atoms with van der Waals surface area (Å²) in [6.45, 7) is 3.75. The summed E-state index contributed by atoms with van der Waals surface area (Å²) in [5.74, 6) is 1.41. The fourth-order valence-corrected chi connectivity index (χ4v) is 3.99. The van der Waals surface area contributed by atoms with Crippen molar-refractivity contribution in [3.63, 3.8) is 0 Å². The third kappa shape index (κ3) is 4.02. The van der Waals surface area contributed by atoms with E-state index < -0.39 is 0 Å². The molecular formula is C23H22N4O2S. The SMILES string of the molecule is Cc1occc1-c1nnc(SC(C)C(=O)Nc2ccccc2-c2ccccc2)n1C. The molecule has 2 aromatic heterocycles. The predicted octanol–water partition coefficient (Wildman–Crippen LogP) is 5.17. The van der Waals surface area contributed by atoms with E-state index in [1.54, 1.807) is 6.26 Å². The number of carbonyl (C=O) groups is 1. The second-order valence-electron chi connectivity index (χ2n) is 6.92. The monoisotopic (exact) mass is 418 g/mol. The Bertz CT molecular complexity index is 1170. The minimum Gasteiger partial charge on any atom is -0.469 e. The highest BCUT2D eigenvalue weighted by molar-refractivity contribution is 8.00. The third-order valence-electron chi connectivity index (χ3n) is 4.86. The van der Waals surface area contributed by atoms with Crippen molar-refractivity contribution in [1.82, 2.24) is 14.8 Å². The summed E-state index contributed by atoms with van der Waals surface area (Å²) in [4.78, 5) is 12.9. The molecule has 4 rings (SSSR count). The number of furan rings is 1. The Morgan fingerprint density at radius 1 is 1.03 bits per heavy atom. The average Bonchev–Trinajstić information content (AvgIpc) is 3.34. The summed E-state index contributed by atoms with van der Waals surface area (Å²) >= 11 is 1.37. The zero-order valence-electron chi connectivity index (χ0n) is 17.0. The molecule has 30 heavy (non-hydrogen) atoms. The number of hydrogen-bond donors (Lipinski definition) is 1. The molecule has 4 aromatic rings. The van der Waals surface area contributed by atoms with Crippen LogP contribution in [0.5, 0.6) is 0 Å². The van der Waals surface area contributed by atoms with Crippen molar-refractivity contribution < 1.29 is 9.21 Å². The first-order chi connectivity index (χ1) is 14.5. The lowest BCUT2D eigenvalue weighted by Gasteiger charge is -2.14. The summed E-state index contributed by atoms with van der Waals surface area (Å²) < 4.78 is 7.24. The van der Waals surface area contributed by atoms with Crippen molar-refractivity contribution in [2.75, 3.05) is 5.32 Å². The highest BCUT2D eigenvalue weighted by atomic mass is 32.2. The van der Waals surface area contributed by atoms with Gasteiger partial charge < -0.3 is 14.3 Å². The number of rotatable bonds is 6. The largest absolute Gasteiger partial charge is 0.469 e. The number of para-hydroxylation sites is 1. The van der Waals surface area contributed by atoms with E-state index in [9.17, 15) is 4.79 Å². The number of amides is 1. The number of anilines is 1. The van der Waals surface area contributed by atoms with Crippen molar-refractivity contribution in [3.8, 4) is 22.5 Å². The minimum atomic E-state index is -0.352. The highest BCUT2D eigenvalue weighted by Gasteiger charge is 2.21. The lowest BCUT2D eigenvalue weighted by Crippen LogP contribution is -2.23. The van der Waals surface area contributed by atoms with Crippen molar-refractivity contribution in [2.45, 2.75) is 24.3 Å². The Morgan fingerprint density at radius 3 is 2.50 bits per heavy atom. The topological polar surface area (TPSA) is 72.9 Å². The van der Waals surface area contributed by atoms with Crippen LogP contribution in [0.15, 0.2) is 76.5 Å². The van der Waals surface area contributed by atoms with Gasteiger partial charge in [-0.1, -0.05) is 60.3 Å². The van der Waals surface area contributed by atoms with E-state index in [0.717, 1.165) is 28.1 Å². The van der Waals surface area contributed by atoms with Gasteiger partial charge in [-0.2, -0.15) is 0 Å². The summed E-state index contributed by atoms with van der Waals surface area (Å²) in [5.41, 5.74) is 3.72. The van der Waals surface area contributed by atoms with Gasteiger partial charge in [-0.3, -0.25) is 4.79 Å². The van der Waals surface area contributed by atoms with Crippen LogP contribution in [-0.4, -0.2) is 25.9 Å². The predicted molar refractivity (Wildman–Crippen MR) is 119 cm³/mol. The maximum Gasteiger partial charge on any atom is 0.237 e. The van der Waals surface area contributed by atoms with Crippen LogP contribution in [0, 0.1) is 6.92 Å². The first-order valence-electron chi connectivity index (χ1n) is 9.60. The van der Waals surface area contributed by atoms with Gasteiger partial charge in [-0.15, -0.1) is 10.2 Å². The summed E-state index contributed by atoms with van der Waals surface area (Å²) in [7, 11) is 1.89. The van der Waals surface area contributed by atoms with Gasteiger partial charge in [-0.25, -0.2) is 0 Å². The van der Waals surface area contributed by atoms with E-state index in [0.29, 0.717) is 11.0 Å². The Hall–Kier alpha value is -3.32. The number of carbonyl (C=O) groups excluding carboxylic acids is 1. The Balaban J connectivity index is 1.50. The summed E-state index contributed by atoms with van der Waals surface area (Å²) in [5, 5.41) is 11.9. The van der Waals surface area contributed by atoms with Crippen LogP contribution in [0.3, 0.4) is 0 Å². The number of aryl methyl sites for hydroxylation is 1. The number of nitrogens with zero attached hydrogens (tertiary/aromatic N) is 3. The molecule has 0 saturated heterocycles. The van der Waals surface area contributed by atoms with E-state index in [-0.39, 0.29) is 11.2 Å². The van der Waals surface area contributed by atoms with Gasteiger partial charge in [0.25, 0.3) is 0 Å². The van der Waals surface area contributed by atoms with Crippen LogP contribution in [0.4, 0.5) is 5.69 Å². The van der Waals surface area contributed by atoms with E-state index >= 15 is 0 Å². The van der Waals surface area contributed by atoms with Gasteiger partial charge in [-0.05, 0) is 31.5 Å². The second kappa shape index (κ2) is 8.59. The molecule has 0 fully saturated rings. The second-order valence-corrected chi connectivity index (χ2v) is 8.22. The molecule has 152 valence electrons. The Labute approximate surface area is 179 Å². The molecular weight excluding hydrogens is 396 g/mol. The van der Waals surface area contributed by atoms with Gasteiger partial charge in [0.1, 0.15) is 5.76 Å². The normalized spacial score (nSPS) is 12.0. The molecule has 0 bridgehead atoms. The molecule has 2 aromatic carbocycles. The number of nitrogens with one attached hydrogen (secondary N) is 1. The summed E-state index contributed by atoms with van der Waals surface area (Å²) in [6, 6.07) is 19.7. The minimum absolute atomic E-state index is 0.0903. The van der Waals surface area contributed by atoms with Crippen molar-refractivity contribution >= 4 is 23.4 Å². The van der Waals surface area contributed by atoms with Crippen LogP contribution in [0.1, 0.15) is 12.7 Å². The number of thioether (sulfide) groups is 1. The maximum atomic E-state index is 12.9. The van der Waals surface area contributed by atoms with Crippen LogP contribution in [-0.2, 0) is 11.8 Å². The lowest BCUT2D eigenvalue weighted by molar-refractivity contribution is -0.115. The molecule has 2 heterocycles. The zero-order valence-corrected chi connectivity index (χ0v) is 17.8. The molecule has 0 aliphatic rings. The average molecular weight is 419 g/mol. The molecule has 6 nitrogen and oxygen atoms in total. The lowest BCUT2D eigenvalue weighted by atomic mass is 10.0. The molecule has 1 unspecified atom stereocenters. The zero-order chi connectivity index (χ0) is 21.1. The van der Waals surface area contributed by atoms with E-state index in [2.05, 4.69) is 15.5 Å². The van der Waals surface area contributed by atoms with Crippen LogP contribution >= 0.6 is 11.8 Å². The van der Waals surface area contributed by atoms with E-state index in [4.69, 9.17) is 4.42 Å². The van der Waals surface area contributed by atoms with Crippen molar-refractivity contribution in [3.05, 3.63) is 72.7 Å². The first-order valence-corrected chi connectivity index (χ1v) is 10.5. The fourth-order valence-electron chi connectivity index (χ4n) is 3.18. The van der Waals surface area contributed by atoms with Gasteiger partial charge >= 0.3 is 0 Å². The summed E-state index contributed by atoms with van der Waals surface area (Å²) in [6.07, 6.45) is 1.63. The van der Waals surface area contributed by atoms with Crippen LogP contribution in [0.25, 0.3) is 22.5 Å². The molecule has 7 heteroatoms. The van der Waals surface area contributed by atoms with Crippen LogP contribution < -0.4 is 5.32 Å². The van der Waals surface area contributed by atoms with Gasteiger partial charge in [0.05, 0.1) is 17.1 Å². The molecule has 0 radical (unpaired) electrons. The Kier molecular flexibility index (Phi) is 5.72. The Morgan fingerprint density at radius 2 is 1.77 bits per heavy atom. The molecule has 0 spiro atoms. The molecule has 0 aliphatic carbocycles. The van der Waals surface area contributed by atoms with Crippen LogP contribution in [0.2, 0.25) is 0 Å². The van der Waals surface area contributed by atoms with Gasteiger partial charge in [0.15, 0.2) is 11.0 Å². The molecule has 1 atom stereocenters. The molecule has 0 saturated carbocycles. The standard InChI is InChI=1S/C23H22N4O2S/c1-15-18(13-14-29-15)21-25-26-23(27(21)3)30-16(2)22(28)24-20-12-8-7-11-19(20)17-9-5-4-6-10-17/h4-14,16H,1-3H3,(H,24,28). The van der Waals surface area contributed by atoms with Crippen molar-refractivity contribution in [1.29, 1.82) is 0 Å². The molecule has 1 amide bonds. The maximum absolute atomic E-state index is 12.9. The van der Waals surface area contributed by atoms with Crippen molar-refractivity contribution in [2.24, 2.45) is 7.05 Å². The smallest absolute Gasteiger partial charge is 0.237 e. The first kappa shape index (κ1) is 20.0. The van der Waals surface area contributed by atoms with Gasteiger partial charge in [0.2, 0.25) is 5.91 Å². The third-order valence-corrected chi connectivity index (χ3v) is 5.99. The number of aromatic nitrogens is 3. The molecule has 0 aliphatic heterocycles. The highest BCUT2D eigenvalue weighted by Crippen LogP contribution is 2.30. The molecule has 1 N–H and O–H groups in total. The van der Waals surface area contributed by atoms with E-state index in [1.807, 2.05) is 86.1 Å². The fraction of sp³-hybridized carbons (Fsp3) is 0.174. The van der Waals surface area contributed by atoms with E-state index in [1.165, 1.54) is 11.8 Å². The van der Waals surface area contributed by atoms with Gasteiger partial charge in [0, 0.05) is 18.3 Å². The number of hydrogen-bond acceptors (Lipinski definition) is 5.